The van der Waals surface area contributed by atoms with Crippen molar-refractivity contribution in [1.29, 1.82) is 0 Å². The smallest absolute Gasteiger partial charge is 0.308 e. The Hall–Kier alpha value is -4.46. The van der Waals surface area contributed by atoms with Crippen LogP contribution in [0, 0.1) is 59.2 Å². The number of ether oxygens (including phenoxy) is 12. The standard InChI is InChI=1S/C82H142N2O24/c1-49(27-29-69(91)55(7)79(101-17)51(3)31-33-83(11)47-85)81(103-19)57(9)75-39-61(89)37-71(93)53(5)73(99-15)45-65-25-22-24-64(106-65)44-68(98-14)36-60(88)42-78(96)108-76(58(10)82(104-20)50(2)28-30-70(92)56(8)80(102-18)52(4)32-34-84(12)48-86)40-62(90)38-72(94)54(6)74(100-16)46-66-26-21-23-63(105-66)43-67(97-13)35-59(87)41-77(95)107-75/h21-24,31-34,47-68,71-76,79-82,87-90,93-94H,25-30,35-46H2,1-20H3/b33-31+,34-32+/t49-,50-,51+,52+,53-,54-,55+,56+,57+,58+,59-,60-,61-,62-,63-,64-,65-,66-,67-,68-,71-,72-,73-,74-,75+,76+,79-,80-,81+,82+/m0/s1. The second kappa shape index (κ2) is 51.3. The Morgan fingerprint density at radius 2 is 0.824 bits per heavy atom. The minimum Gasteiger partial charge on any atom is -0.462 e. The molecular formula is C82H142N2O24. The van der Waals surface area contributed by atoms with Crippen LogP contribution in [0.25, 0.3) is 0 Å². The zero-order chi connectivity index (χ0) is 81.1. The van der Waals surface area contributed by atoms with Gasteiger partial charge in [0, 0.05) is 195 Å². The van der Waals surface area contributed by atoms with Gasteiger partial charge in [-0.25, -0.2) is 0 Å². The van der Waals surface area contributed by atoms with E-state index in [4.69, 9.17) is 56.8 Å². The zero-order valence-corrected chi connectivity index (χ0v) is 68.7. The number of nitrogens with zero attached hydrogens (tertiary/aromatic N) is 2. The zero-order valence-electron chi connectivity index (χ0n) is 68.7. The quantitative estimate of drug-likeness (QED) is 0.0209. The van der Waals surface area contributed by atoms with Crippen LogP contribution in [-0.4, -0.2) is 270 Å². The van der Waals surface area contributed by atoms with Crippen molar-refractivity contribution in [3.05, 3.63) is 48.9 Å². The number of cyclic esters (lactones) is 2. The van der Waals surface area contributed by atoms with Gasteiger partial charge in [-0.1, -0.05) is 106 Å². The van der Waals surface area contributed by atoms with Gasteiger partial charge in [0.25, 0.3) is 0 Å². The molecule has 0 aromatic carbocycles. The lowest BCUT2D eigenvalue weighted by Crippen LogP contribution is -2.42. The number of ketones is 2. The van der Waals surface area contributed by atoms with E-state index in [9.17, 15) is 59.4 Å². The van der Waals surface area contributed by atoms with Gasteiger partial charge in [0.2, 0.25) is 12.8 Å². The van der Waals surface area contributed by atoms with Crippen molar-refractivity contribution in [2.45, 2.75) is 307 Å². The number of amides is 2. The molecule has 26 nitrogen and oxygen atoms in total. The van der Waals surface area contributed by atoms with E-state index in [2.05, 4.69) is 0 Å². The summed E-state index contributed by atoms with van der Waals surface area (Å²) in [6, 6.07) is 0. The normalized spacial score (nSPS) is 32.7. The minimum atomic E-state index is -1.23. The summed E-state index contributed by atoms with van der Waals surface area (Å²) in [5.74, 6) is -5.63. The fourth-order valence-electron chi connectivity index (χ4n) is 16.1. The molecule has 3 heterocycles. The van der Waals surface area contributed by atoms with Crippen molar-refractivity contribution in [1.82, 2.24) is 9.80 Å². The molecular weight excluding hydrogens is 1400 g/mol. The van der Waals surface area contributed by atoms with Crippen LogP contribution in [0.2, 0.25) is 0 Å². The maximum Gasteiger partial charge on any atom is 0.308 e. The monoisotopic (exact) mass is 1540 g/mol. The first-order valence-electron chi connectivity index (χ1n) is 39.3. The van der Waals surface area contributed by atoms with Gasteiger partial charge in [0.1, 0.15) is 23.8 Å². The number of carbonyl (C=O) groups excluding carboxylic acids is 6. The number of hydrogen-bond donors (Lipinski definition) is 6. The summed E-state index contributed by atoms with van der Waals surface area (Å²) < 4.78 is 73.4. The van der Waals surface area contributed by atoms with Gasteiger partial charge in [-0.3, -0.25) is 28.8 Å². The number of aliphatic hydroxyl groups is 6. The molecule has 4 bridgehead atoms. The molecule has 6 N–H and O–H groups in total. The lowest BCUT2D eigenvalue weighted by atomic mass is 9.82. The highest BCUT2D eigenvalue weighted by atomic mass is 16.6. The van der Waals surface area contributed by atoms with Gasteiger partial charge in [0.05, 0.1) is 123 Å². The van der Waals surface area contributed by atoms with Crippen LogP contribution in [0.3, 0.4) is 0 Å². The maximum absolute atomic E-state index is 14.2. The van der Waals surface area contributed by atoms with Gasteiger partial charge in [-0.2, -0.15) is 0 Å². The van der Waals surface area contributed by atoms with Crippen LogP contribution in [0.5, 0.6) is 0 Å². The molecule has 0 radical (unpaired) electrons. The van der Waals surface area contributed by atoms with Crippen LogP contribution in [0.1, 0.15) is 185 Å². The molecule has 0 saturated carbocycles. The van der Waals surface area contributed by atoms with Crippen LogP contribution < -0.4 is 0 Å². The molecule has 0 unspecified atom stereocenters. The summed E-state index contributed by atoms with van der Waals surface area (Å²) >= 11 is 0. The van der Waals surface area contributed by atoms with Crippen LogP contribution >= 0.6 is 0 Å². The van der Waals surface area contributed by atoms with Crippen LogP contribution in [-0.2, 0) is 85.6 Å². The van der Waals surface area contributed by atoms with Gasteiger partial charge in [-0.05, 0) is 50.4 Å². The van der Waals surface area contributed by atoms with E-state index in [1.807, 2.05) is 106 Å². The summed E-state index contributed by atoms with van der Waals surface area (Å²) in [6.07, 6.45) is 3.30. The fourth-order valence-corrected chi connectivity index (χ4v) is 16.1. The fraction of sp³-hybridized carbons (Fsp3) is 0.829. The Labute approximate surface area is 645 Å². The van der Waals surface area contributed by atoms with Crippen LogP contribution in [0.4, 0.5) is 0 Å². The number of Topliss-reactive ketones (excluding diaryl/α,β-unsaturated/α-hetero) is 2. The van der Waals surface area contributed by atoms with E-state index >= 15 is 0 Å². The lowest BCUT2D eigenvalue weighted by Gasteiger charge is -2.36. The molecule has 1 saturated heterocycles. The maximum atomic E-state index is 14.2. The third-order valence-corrected chi connectivity index (χ3v) is 23.1. The van der Waals surface area contributed by atoms with Gasteiger partial charge in [-0.15, -0.1) is 0 Å². The first-order valence-corrected chi connectivity index (χ1v) is 39.3. The SMILES string of the molecule is CO[C@H]1C[C@H](O)CC(=O)O[C@@H]([C@@H](C)[C@H](OC)[C@@H](C)CCC(=O)[C@@H](C)[C@@H](OC)[C@H](C)/C=C/N(C)C=O)C[C@@H](O)C[C@H](O)[C@H](C)[C@@H](OC)C[C@@H]2CC=C[C@@H](C[C@@H](OC)C[C@H](O)CC(=O)O[C@@H]([C@@H](C)[C@H](OC)[C@@H](C)CCC(=O)[C@@H](C)[C@@H](OC)[C@H](C)/C=C/N(C)C=O)C[C@@H](O)C[C@H](O)[C@H](C)[C@@H](OC)C[C@@H]3CC=C[C@@H](C1)O3)O2. The third kappa shape index (κ3) is 33.3. The van der Waals surface area contributed by atoms with Gasteiger partial charge in [0.15, 0.2) is 0 Å². The summed E-state index contributed by atoms with van der Waals surface area (Å²) in [5.41, 5.74) is 0. The Balaban J connectivity index is 1.98. The second-order valence-electron chi connectivity index (χ2n) is 31.5. The highest BCUT2D eigenvalue weighted by Gasteiger charge is 2.41. The average molecular weight is 1540 g/mol. The molecule has 26 heteroatoms. The molecule has 3 rings (SSSR count). The van der Waals surface area contributed by atoms with Crippen LogP contribution in [0.15, 0.2) is 48.9 Å². The van der Waals surface area contributed by atoms with E-state index in [-0.39, 0.29) is 98.8 Å². The largest absolute Gasteiger partial charge is 0.462 e. The van der Waals surface area contributed by atoms with E-state index in [0.29, 0.717) is 64.2 Å². The summed E-state index contributed by atoms with van der Waals surface area (Å²) in [5, 5.41) is 71.0. The number of methoxy groups -OCH3 is 8. The number of aliphatic hydroxyl groups excluding tert-OH is 6. The van der Waals surface area contributed by atoms with Crippen molar-refractivity contribution in [3.63, 3.8) is 0 Å². The third-order valence-electron chi connectivity index (χ3n) is 23.1. The van der Waals surface area contributed by atoms with E-state index in [1.165, 1.54) is 24.0 Å². The predicted octanol–water partition coefficient (Wildman–Crippen LogP) is 8.48. The molecule has 108 heavy (non-hydrogen) atoms. The number of rotatable bonds is 32. The molecule has 2 amide bonds. The molecule has 0 aliphatic carbocycles. The molecule has 30 atom stereocenters. The van der Waals surface area contributed by atoms with Crippen molar-refractivity contribution < 1.29 is 116 Å². The summed E-state index contributed by atoms with van der Waals surface area (Å²) in [7, 11) is 15.5. The lowest BCUT2D eigenvalue weighted by molar-refractivity contribution is -0.162. The van der Waals surface area contributed by atoms with Crippen molar-refractivity contribution in [3.8, 4) is 0 Å². The molecule has 3 aliphatic heterocycles. The molecule has 3 aliphatic rings. The van der Waals surface area contributed by atoms with Crippen molar-refractivity contribution in [2.75, 3.05) is 71.0 Å². The first-order chi connectivity index (χ1) is 51.2. The molecule has 0 spiro atoms. The topological polar surface area (TPSA) is 341 Å². The highest BCUT2D eigenvalue weighted by molar-refractivity contribution is 5.81. The Morgan fingerprint density at radius 3 is 1.13 bits per heavy atom. The van der Waals surface area contributed by atoms with E-state index in [0.717, 1.165) is 0 Å². The molecule has 1 fully saturated rings. The molecule has 0 aromatic rings. The van der Waals surface area contributed by atoms with Gasteiger partial charge >= 0.3 is 11.9 Å². The molecule has 624 valence electrons. The number of fused-ring (bicyclic) bond motifs is 4. The number of hydrogen-bond acceptors (Lipinski definition) is 24. The second-order valence-corrected chi connectivity index (χ2v) is 31.5. The predicted molar refractivity (Wildman–Crippen MR) is 408 cm³/mol. The first kappa shape index (κ1) is 97.7. The Morgan fingerprint density at radius 1 is 0.481 bits per heavy atom. The summed E-state index contributed by atoms with van der Waals surface area (Å²) in [6.45, 7) is 18.7. The molecule has 0 aromatic heterocycles. The highest BCUT2D eigenvalue weighted by Crippen LogP contribution is 2.36. The summed E-state index contributed by atoms with van der Waals surface area (Å²) in [4.78, 5) is 81.3. The van der Waals surface area contributed by atoms with E-state index in [1.54, 1.807) is 69.2 Å². The Kier molecular flexibility index (Phi) is 46.4. The Bertz CT molecular complexity index is 2510. The van der Waals surface area contributed by atoms with E-state index < -0.39 is 170 Å². The van der Waals surface area contributed by atoms with Crippen molar-refractivity contribution >= 4 is 36.3 Å². The number of carbonyl (C=O) groups is 6. The number of esters is 2. The average Bonchev–Trinajstić information content (AvgIpc) is 0.854. The minimum absolute atomic E-state index is 0.0287. The van der Waals surface area contributed by atoms with Crippen molar-refractivity contribution in [2.24, 2.45) is 59.2 Å². The van der Waals surface area contributed by atoms with Gasteiger partial charge < -0.3 is 97.3 Å².